The number of esters is 1. The third kappa shape index (κ3) is 3.10. The highest BCUT2D eigenvalue weighted by molar-refractivity contribution is 6.33. The zero-order valence-electron chi connectivity index (χ0n) is 12.1. The van der Waals surface area contributed by atoms with Crippen LogP contribution in [0.2, 0.25) is 5.02 Å². The van der Waals surface area contributed by atoms with Crippen molar-refractivity contribution in [3.63, 3.8) is 0 Å². The van der Waals surface area contributed by atoms with E-state index in [9.17, 15) is 9.59 Å². The molecule has 1 unspecified atom stereocenters. The molecular formula is C14H18ClN3O3. The minimum Gasteiger partial charge on any atom is -0.466 e. The van der Waals surface area contributed by atoms with E-state index in [1.54, 1.807) is 6.92 Å². The van der Waals surface area contributed by atoms with Crippen LogP contribution in [0.1, 0.15) is 30.6 Å². The largest absolute Gasteiger partial charge is 0.466 e. The van der Waals surface area contributed by atoms with Crippen molar-refractivity contribution in [2.45, 2.75) is 20.3 Å². The number of anilines is 1. The van der Waals surface area contributed by atoms with Gasteiger partial charge in [-0.25, -0.2) is 4.98 Å². The Balaban J connectivity index is 2.18. The highest BCUT2D eigenvalue weighted by Crippen LogP contribution is 2.36. The minimum absolute atomic E-state index is 0.211. The molecule has 0 spiro atoms. The second-order valence-corrected chi connectivity index (χ2v) is 5.75. The number of aromatic nitrogens is 1. The van der Waals surface area contributed by atoms with E-state index in [1.165, 1.54) is 12.3 Å². The van der Waals surface area contributed by atoms with Crippen LogP contribution >= 0.6 is 11.6 Å². The average molecular weight is 312 g/mol. The zero-order valence-corrected chi connectivity index (χ0v) is 12.8. The van der Waals surface area contributed by atoms with Gasteiger partial charge in [0.1, 0.15) is 5.82 Å². The first-order chi connectivity index (χ1) is 9.87. The number of pyridine rings is 1. The number of halogens is 1. The van der Waals surface area contributed by atoms with Crippen LogP contribution in [-0.4, -0.2) is 36.6 Å². The number of nitrogens with zero attached hydrogens (tertiary/aromatic N) is 2. The van der Waals surface area contributed by atoms with Crippen LogP contribution in [0.4, 0.5) is 5.82 Å². The van der Waals surface area contributed by atoms with Crippen molar-refractivity contribution in [2.75, 3.05) is 24.6 Å². The molecule has 0 aliphatic carbocycles. The number of hydrogen-bond acceptors (Lipinski definition) is 5. The molecule has 2 rings (SSSR count). The van der Waals surface area contributed by atoms with E-state index in [-0.39, 0.29) is 11.5 Å². The fraction of sp³-hybridized carbons (Fsp3) is 0.500. The molecule has 0 bridgehead atoms. The summed E-state index contributed by atoms with van der Waals surface area (Å²) in [5, 5.41) is 0.347. The lowest BCUT2D eigenvalue weighted by Crippen LogP contribution is -2.34. The highest BCUT2D eigenvalue weighted by Gasteiger charge is 2.42. The lowest BCUT2D eigenvalue weighted by atomic mass is 9.90. The van der Waals surface area contributed by atoms with E-state index in [0.29, 0.717) is 37.0 Å². The molecule has 1 aliphatic rings. The van der Waals surface area contributed by atoms with Gasteiger partial charge < -0.3 is 15.4 Å². The first-order valence-corrected chi connectivity index (χ1v) is 7.12. The Hall–Kier alpha value is -1.82. The maximum atomic E-state index is 12.0. The van der Waals surface area contributed by atoms with Gasteiger partial charge in [-0.1, -0.05) is 11.6 Å². The summed E-state index contributed by atoms with van der Waals surface area (Å²) in [7, 11) is 0. The van der Waals surface area contributed by atoms with Crippen LogP contribution in [-0.2, 0) is 9.53 Å². The van der Waals surface area contributed by atoms with Crippen LogP contribution in [0.25, 0.3) is 0 Å². The molecular weight excluding hydrogens is 294 g/mol. The number of primary amides is 1. The third-order valence-corrected chi connectivity index (χ3v) is 3.93. The molecule has 0 aromatic carbocycles. The first kappa shape index (κ1) is 15.6. The molecule has 21 heavy (non-hydrogen) atoms. The molecule has 114 valence electrons. The van der Waals surface area contributed by atoms with Crippen molar-refractivity contribution in [1.82, 2.24) is 4.98 Å². The van der Waals surface area contributed by atoms with Crippen LogP contribution in [0.3, 0.4) is 0 Å². The third-order valence-electron chi connectivity index (χ3n) is 3.65. The Labute approximate surface area is 128 Å². The summed E-state index contributed by atoms with van der Waals surface area (Å²) >= 11 is 6.16. The van der Waals surface area contributed by atoms with Gasteiger partial charge in [0.2, 0.25) is 5.91 Å². The van der Waals surface area contributed by atoms with Gasteiger partial charge in [-0.15, -0.1) is 0 Å². The smallest absolute Gasteiger partial charge is 0.313 e. The van der Waals surface area contributed by atoms with E-state index >= 15 is 0 Å². The summed E-state index contributed by atoms with van der Waals surface area (Å²) in [6.45, 7) is 5.15. The molecule has 2 N–H and O–H groups in total. The zero-order chi connectivity index (χ0) is 15.6. The summed E-state index contributed by atoms with van der Waals surface area (Å²) in [4.78, 5) is 29.2. The Morgan fingerprint density at radius 1 is 1.57 bits per heavy atom. The number of ether oxygens (including phenoxy) is 1. The lowest BCUT2D eigenvalue weighted by Gasteiger charge is -2.23. The maximum absolute atomic E-state index is 12.0. The molecule has 1 atom stereocenters. The highest BCUT2D eigenvalue weighted by atomic mass is 35.5. The molecule has 1 amide bonds. The number of carbonyl (C=O) groups is 2. The number of hydrogen-bond donors (Lipinski definition) is 1. The van der Waals surface area contributed by atoms with E-state index in [0.717, 1.165) is 0 Å². The molecule has 1 aromatic rings. The van der Waals surface area contributed by atoms with Gasteiger partial charge >= 0.3 is 5.97 Å². The second kappa shape index (κ2) is 5.89. The van der Waals surface area contributed by atoms with Gasteiger partial charge in [-0.05, 0) is 26.3 Å². The summed E-state index contributed by atoms with van der Waals surface area (Å²) in [6, 6.07) is 1.49. The lowest BCUT2D eigenvalue weighted by molar-refractivity contribution is -0.153. The summed E-state index contributed by atoms with van der Waals surface area (Å²) in [5.74, 6) is -0.235. The average Bonchev–Trinajstić information content (AvgIpc) is 2.82. The molecule has 0 radical (unpaired) electrons. The van der Waals surface area contributed by atoms with Gasteiger partial charge in [-0.3, -0.25) is 9.59 Å². The maximum Gasteiger partial charge on any atom is 0.313 e. The van der Waals surface area contributed by atoms with Crippen molar-refractivity contribution < 1.29 is 14.3 Å². The summed E-state index contributed by atoms with van der Waals surface area (Å²) in [5.41, 5.74) is 4.88. The molecule has 1 saturated heterocycles. The van der Waals surface area contributed by atoms with Crippen molar-refractivity contribution in [3.05, 3.63) is 22.8 Å². The topological polar surface area (TPSA) is 85.5 Å². The van der Waals surface area contributed by atoms with Gasteiger partial charge in [0.05, 0.1) is 22.6 Å². The number of carbonyl (C=O) groups excluding carboxylic acids is 2. The predicted molar refractivity (Wildman–Crippen MR) is 79.3 cm³/mol. The van der Waals surface area contributed by atoms with E-state index in [1.807, 2.05) is 11.8 Å². The van der Waals surface area contributed by atoms with Crippen molar-refractivity contribution in [1.29, 1.82) is 0 Å². The molecule has 7 heteroatoms. The Kier molecular flexibility index (Phi) is 4.37. The summed E-state index contributed by atoms with van der Waals surface area (Å²) < 4.78 is 5.11. The number of nitrogens with two attached hydrogens (primary N) is 1. The van der Waals surface area contributed by atoms with Crippen molar-refractivity contribution in [3.8, 4) is 0 Å². The molecule has 0 saturated carbocycles. The van der Waals surface area contributed by atoms with Gasteiger partial charge in [0.25, 0.3) is 0 Å². The second-order valence-electron chi connectivity index (χ2n) is 5.35. The molecule has 2 heterocycles. The van der Waals surface area contributed by atoms with Gasteiger partial charge in [0.15, 0.2) is 0 Å². The SMILES string of the molecule is CCOC(=O)C1(C)CCN(c2ncc(C(N)=O)cc2Cl)C1. The Morgan fingerprint density at radius 2 is 2.29 bits per heavy atom. The van der Waals surface area contributed by atoms with Gasteiger partial charge in [-0.2, -0.15) is 0 Å². The fourth-order valence-electron chi connectivity index (χ4n) is 2.41. The van der Waals surface area contributed by atoms with Gasteiger partial charge in [0, 0.05) is 19.3 Å². The van der Waals surface area contributed by atoms with Crippen LogP contribution in [0.5, 0.6) is 0 Å². The minimum atomic E-state index is -0.575. The standard InChI is InChI=1S/C14H18ClN3O3/c1-3-21-13(20)14(2)4-5-18(8-14)12-10(15)6-9(7-17-12)11(16)19/h6-7H,3-5,8H2,1-2H3,(H2,16,19). The summed E-state index contributed by atoms with van der Waals surface area (Å²) in [6.07, 6.45) is 2.06. The Bertz CT molecular complexity index is 579. The predicted octanol–water partition coefficient (Wildman–Crippen LogP) is 1.61. The Morgan fingerprint density at radius 3 is 2.86 bits per heavy atom. The molecule has 1 aliphatic heterocycles. The van der Waals surface area contributed by atoms with Crippen molar-refractivity contribution >= 4 is 29.3 Å². The van der Waals surface area contributed by atoms with Crippen molar-refractivity contribution in [2.24, 2.45) is 11.1 Å². The number of amides is 1. The molecule has 6 nitrogen and oxygen atoms in total. The number of rotatable bonds is 4. The monoisotopic (exact) mass is 311 g/mol. The van der Waals surface area contributed by atoms with E-state index < -0.39 is 11.3 Å². The van der Waals surface area contributed by atoms with Crippen LogP contribution < -0.4 is 10.6 Å². The van der Waals surface area contributed by atoms with E-state index in [4.69, 9.17) is 22.1 Å². The quantitative estimate of drug-likeness (QED) is 0.854. The van der Waals surface area contributed by atoms with Crippen LogP contribution in [0.15, 0.2) is 12.3 Å². The normalized spacial score (nSPS) is 21.4. The molecule has 1 aromatic heterocycles. The van der Waals surface area contributed by atoms with E-state index in [2.05, 4.69) is 4.98 Å². The molecule has 1 fully saturated rings. The fourth-order valence-corrected chi connectivity index (χ4v) is 2.70. The van der Waals surface area contributed by atoms with Crippen LogP contribution in [0, 0.1) is 5.41 Å². The first-order valence-electron chi connectivity index (χ1n) is 6.75.